The lowest BCUT2D eigenvalue weighted by Gasteiger charge is -2.02. The molecule has 0 rings (SSSR count). The summed E-state index contributed by atoms with van der Waals surface area (Å²) in [6, 6.07) is -0.147. The highest BCUT2D eigenvalue weighted by Crippen LogP contribution is 1.96. The maximum atomic E-state index is 10.6. The molecule has 0 aromatic heterocycles. The van der Waals surface area contributed by atoms with Crippen LogP contribution in [0.3, 0.4) is 0 Å². The molecule has 1 unspecified atom stereocenters. The van der Waals surface area contributed by atoms with Crippen molar-refractivity contribution in [3.63, 3.8) is 0 Å². The summed E-state index contributed by atoms with van der Waals surface area (Å²) in [5.74, 6) is 0.198. The van der Waals surface area contributed by atoms with E-state index in [-0.39, 0.29) is 11.8 Å². The zero-order valence-electron chi connectivity index (χ0n) is 6.49. The molecule has 0 saturated carbocycles. The summed E-state index contributed by atoms with van der Waals surface area (Å²) in [4.78, 5) is 0. The fourth-order valence-corrected chi connectivity index (χ4v) is 1.48. The van der Waals surface area contributed by atoms with Crippen LogP contribution in [-0.4, -0.2) is 31.8 Å². The second-order valence-corrected chi connectivity index (χ2v) is 5.10. The molecule has 11 heavy (non-hydrogen) atoms. The van der Waals surface area contributed by atoms with Gasteiger partial charge in [0, 0.05) is 18.1 Å². The highest BCUT2D eigenvalue weighted by atomic mass is 32.2. The Kier molecular flexibility index (Phi) is 4.79. The van der Waals surface area contributed by atoms with Gasteiger partial charge in [0.15, 0.2) is 0 Å². The number of hydrogen-bond donors (Lipinski definition) is 1. The molecule has 2 N–H and O–H groups in total. The minimum atomic E-state index is -2.83. The molecule has 0 heterocycles. The summed E-state index contributed by atoms with van der Waals surface area (Å²) in [5.41, 5.74) is 5.45. The molecule has 0 aromatic carbocycles. The number of sulfone groups is 1. The summed E-state index contributed by atoms with van der Waals surface area (Å²) in [6.45, 7) is 0. The SMILES string of the molecule is CS(=O)(=O)CCCC(N)C=S. The summed E-state index contributed by atoms with van der Waals surface area (Å²) in [7, 11) is -2.83. The van der Waals surface area contributed by atoms with E-state index in [1.54, 1.807) is 0 Å². The summed E-state index contributed by atoms with van der Waals surface area (Å²) in [5, 5.41) is 1.46. The zero-order chi connectivity index (χ0) is 8.91. The Balaban J connectivity index is 3.51. The molecule has 0 aliphatic rings. The van der Waals surface area contributed by atoms with Crippen LogP contribution in [0.1, 0.15) is 12.8 Å². The van der Waals surface area contributed by atoms with Gasteiger partial charge in [-0.05, 0) is 18.2 Å². The average molecular weight is 195 g/mol. The number of nitrogens with two attached hydrogens (primary N) is 1. The van der Waals surface area contributed by atoms with Gasteiger partial charge in [-0.2, -0.15) is 0 Å². The van der Waals surface area contributed by atoms with E-state index in [1.807, 2.05) is 0 Å². The topological polar surface area (TPSA) is 60.2 Å². The number of thiocarbonyl (C=S) groups is 1. The molecule has 0 aromatic rings. The first kappa shape index (κ1) is 11.0. The van der Waals surface area contributed by atoms with Gasteiger partial charge < -0.3 is 5.73 Å². The van der Waals surface area contributed by atoms with E-state index in [0.29, 0.717) is 12.8 Å². The first-order valence-electron chi connectivity index (χ1n) is 3.34. The van der Waals surface area contributed by atoms with Crippen molar-refractivity contribution in [1.29, 1.82) is 0 Å². The van der Waals surface area contributed by atoms with Crippen LogP contribution < -0.4 is 5.73 Å². The van der Waals surface area contributed by atoms with E-state index >= 15 is 0 Å². The third-order valence-electron chi connectivity index (χ3n) is 1.23. The predicted octanol–water partition coefficient (Wildman–Crippen LogP) is 0.138. The van der Waals surface area contributed by atoms with Crippen LogP contribution >= 0.6 is 12.2 Å². The summed E-state index contributed by atoms with van der Waals surface area (Å²) >= 11 is 4.58. The molecule has 5 heteroatoms. The Morgan fingerprint density at radius 1 is 1.64 bits per heavy atom. The van der Waals surface area contributed by atoms with Crippen molar-refractivity contribution in [3.05, 3.63) is 0 Å². The molecular weight excluding hydrogens is 182 g/mol. The molecule has 66 valence electrons. The molecule has 1 atom stereocenters. The van der Waals surface area contributed by atoms with Crippen molar-refractivity contribution < 1.29 is 8.42 Å². The zero-order valence-corrected chi connectivity index (χ0v) is 8.12. The molecular formula is C6H13NO2S2. The maximum absolute atomic E-state index is 10.6. The van der Waals surface area contributed by atoms with Crippen LogP contribution in [0.15, 0.2) is 0 Å². The van der Waals surface area contributed by atoms with Crippen molar-refractivity contribution in [2.24, 2.45) is 5.73 Å². The fraction of sp³-hybridized carbons (Fsp3) is 0.833. The minimum Gasteiger partial charge on any atom is -0.324 e. The van der Waals surface area contributed by atoms with Gasteiger partial charge in [0.05, 0.1) is 0 Å². The normalized spacial score (nSPS) is 14.4. The monoisotopic (exact) mass is 195 g/mol. The lowest BCUT2D eigenvalue weighted by Crippen LogP contribution is -2.21. The van der Waals surface area contributed by atoms with Crippen LogP contribution in [0.5, 0.6) is 0 Å². The number of hydrogen-bond acceptors (Lipinski definition) is 4. The van der Waals surface area contributed by atoms with Crippen LogP contribution in [0.4, 0.5) is 0 Å². The third-order valence-corrected chi connectivity index (χ3v) is 2.61. The van der Waals surface area contributed by atoms with Crippen LogP contribution in [0, 0.1) is 0 Å². The fourth-order valence-electron chi connectivity index (χ4n) is 0.649. The van der Waals surface area contributed by atoms with E-state index < -0.39 is 9.84 Å². The summed E-state index contributed by atoms with van der Waals surface area (Å²) in [6.07, 6.45) is 2.46. The number of rotatable bonds is 5. The molecule has 0 saturated heterocycles. The van der Waals surface area contributed by atoms with Crippen molar-refractivity contribution in [1.82, 2.24) is 0 Å². The first-order chi connectivity index (χ1) is 4.95. The second kappa shape index (κ2) is 4.79. The largest absolute Gasteiger partial charge is 0.324 e. The molecule has 0 bridgehead atoms. The van der Waals surface area contributed by atoms with Crippen molar-refractivity contribution in [2.75, 3.05) is 12.0 Å². The van der Waals surface area contributed by atoms with Crippen molar-refractivity contribution in [2.45, 2.75) is 18.9 Å². The van der Waals surface area contributed by atoms with Crippen molar-refractivity contribution >= 4 is 27.4 Å². The average Bonchev–Trinajstić information content (AvgIpc) is 1.85. The van der Waals surface area contributed by atoms with Gasteiger partial charge in [-0.1, -0.05) is 12.2 Å². The third kappa shape index (κ3) is 7.90. The van der Waals surface area contributed by atoms with E-state index in [9.17, 15) is 8.42 Å². The molecule has 3 nitrogen and oxygen atoms in total. The molecule has 0 amide bonds. The van der Waals surface area contributed by atoms with Gasteiger partial charge in [0.1, 0.15) is 9.84 Å². The van der Waals surface area contributed by atoms with E-state index in [4.69, 9.17) is 5.73 Å². The highest BCUT2D eigenvalue weighted by molar-refractivity contribution is 7.90. The summed E-state index contributed by atoms with van der Waals surface area (Å²) < 4.78 is 21.2. The molecule has 0 aliphatic heterocycles. The Labute approximate surface area is 72.9 Å². The first-order valence-corrected chi connectivity index (χ1v) is 5.87. The smallest absolute Gasteiger partial charge is 0.147 e. The van der Waals surface area contributed by atoms with Crippen molar-refractivity contribution in [3.8, 4) is 0 Å². The van der Waals surface area contributed by atoms with Gasteiger partial charge in [0.25, 0.3) is 0 Å². The van der Waals surface area contributed by atoms with Crippen LogP contribution in [-0.2, 0) is 9.84 Å². The van der Waals surface area contributed by atoms with Crippen LogP contribution in [0.2, 0.25) is 0 Å². The van der Waals surface area contributed by atoms with E-state index in [0.717, 1.165) is 0 Å². The highest BCUT2D eigenvalue weighted by Gasteiger charge is 2.03. The van der Waals surface area contributed by atoms with Crippen LogP contribution in [0.25, 0.3) is 0 Å². The quantitative estimate of drug-likeness (QED) is 0.634. The Morgan fingerprint density at radius 3 is 2.55 bits per heavy atom. The van der Waals surface area contributed by atoms with Gasteiger partial charge in [0.2, 0.25) is 0 Å². The maximum Gasteiger partial charge on any atom is 0.147 e. The molecule has 0 radical (unpaired) electrons. The minimum absolute atomic E-state index is 0.147. The lowest BCUT2D eigenvalue weighted by atomic mass is 10.2. The Bertz CT molecular complexity index is 211. The standard InChI is InChI=1S/C6H13NO2S2/c1-11(8,9)4-2-3-6(7)5-10/h5-6H,2-4,7H2,1H3. The van der Waals surface area contributed by atoms with E-state index in [2.05, 4.69) is 12.2 Å². The second-order valence-electron chi connectivity index (χ2n) is 2.57. The molecule has 0 fully saturated rings. The molecule has 0 aliphatic carbocycles. The van der Waals surface area contributed by atoms with Gasteiger partial charge in [-0.15, -0.1) is 0 Å². The Morgan fingerprint density at radius 2 is 2.18 bits per heavy atom. The Hall–Kier alpha value is -0.0000000000000000555. The van der Waals surface area contributed by atoms with E-state index in [1.165, 1.54) is 11.6 Å². The lowest BCUT2D eigenvalue weighted by molar-refractivity contribution is 0.596. The van der Waals surface area contributed by atoms with Gasteiger partial charge in [-0.25, -0.2) is 8.42 Å². The van der Waals surface area contributed by atoms with Gasteiger partial charge >= 0.3 is 0 Å². The van der Waals surface area contributed by atoms with Gasteiger partial charge in [-0.3, -0.25) is 0 Å². The predicted molar refractivity (Wildman–Crippen MR) is 50.6 cm³/mol. The molecule has 0 spiro atoms.